The van der Waals surface area contributed by atoms with Crippen molar-refractivity contribution in [2.24, 2.45) is 0 Å². The van der Waals surface area contributed by atoms with Crippen LogP contribution in [0.1, 0.15) is 6.42 Å². The van der Waals surface area contributed by atoms with Crippen LogP contribution in [0.2, 0.25) is 0 Å². The monoisotopic (exact) mass is 367 g/mol. The fraction of sp³-hybridized carbons (Fsp3) is 0.211. The SMILES string of the molecule is COc1cc(NC2CCN(c3ccc(-c4cn[nH]c4)nc3)C2=O)ccc1F. The Hall–Kier alpha value is -3.42. The van der Waals surface area contributed by atoms with Crippen LogP contribution in [0, 0.1) is 5.82 Å². The van der Waals surface area contributed by atoms with Crippen molar-refractivity contribution in [2.75, 3.05) is 23.9 Å². The highest BCUT2D eigenvalue weighted by Gasteiger charge is 2.32. The number of benzene rings is 1. The number of anilines is 2. The lowest BCUT2D eigenvalue weighted by atomic mass is 10.2. The van der Waals surface area contributed by atoms with E-state index in [4.69, 9.17) is 4.74 Å². The van der Waals surface area contributed by atoms with Crippen LogP contribution >= 0.6 is 0 Å². The number of aromatic amines is 1. The second kappa shape index (κ2) is 7.06. The normalized spacial score (nSPS) is 16.6. The van der Waals surface area contributed by atoms with Gasteiger partial charge in [0.1, 0.15) is 6.04 Å². The molecular weight excluding hydrogens is 349 g/mol. The Morgan fingerprint density at radius 2 is 2.19 bits per heavy atom. The molecule has 3 heterocycles. The predicted octanol–water partition coefficient (Wildman–Crippen LogP) is 2.84. The number of amides is 1. The van der Waals surface area contributed by atoms with Crippen LogP contribution in [-0.4, -0.2) is 40.8 Å². The van der Waals surface area contributed by atoms with Gasteiger partial charge in [-0.1, -0.05) is 0 Å². The molecule has 1 atom stereocenters. The van der Waals surface area contributed by atoms with Gasteiger partial charge in [0.2, 0.25) is 5.91 Å². The van der Waals surface area contributed by atoms with Gasteiger partial charge in [0.15, 0.2) is 11.6 Å². The summed E-state index contributed by atoms with van der Waals surface area (Å²) in [5.41, 5.74) is 3.06. The molecule has 0 spiro atoms. The van der Waals surface area contributed by atoms with E-state index in [1.165, 1.54) is 13.2 Å². The van der Waals surface area contributed by atoms with E-state index in [-0.39, 0.29) is 17.7 Å². The zero-order valence-electron chi connectivity index (χ0n) is 14.6. The number of ether oxygens (including phenoxy) is 1. The molecule has 4 rings (SSSR count). The first-order chi connectivity index (χ1) is 13.2. The van der Waals surface area contributed by atoms with Crippen LogP contribution in [0.15, 0.2) is 48.9 Å². The van der Waals surface area contributed by atoms with Gasteiger partial charge in [-0.2, -0.15) is 5.10 Å². The Bertz CT molecular complexity index is 943. The summed E-state index contributed by atoms with van der Waals surface area (Å²) in [7, 11) is 1.41. The van der Waals surface area contributed by atoms with Gasteiger partial charge in [-0.05, 0) is 30.7 Å². The maximum absolute atomic E-state index is 13.5. The molecule has 1 amide bonds. The van der Waals surface area contributed by atoms with Crippen LogP contribution < -0.4 is 15.0 Å². The highest BCUT2D eigenvalue weighted by molar-refractivity contribution is 6.01. The molecule has 3 aromatic rings. The maximum atomic E-state index is 13.5. The Kier molecular flexibility index (Phi) is 4.45. The van der Waals surface area contributed by atoms with E-state index in [1.54, 1.807) is 35.6 Å². The van der Waals surface area contributed by atoms with E-state index in [1.807, 2.05) is 12.1 Å². The van der Waals surface area contributed by atoms with Crippen molar-refractivity contribution in [1.29, 1.82) is 0 Å². The Labute approximate surface area is 155 Å². The predicted molar refractivity (Wildman–Crippen MR) is 99.2 cm³/mol. The molecule has 1 aliphatic heterocycles. The number of carbonyl (C=O) groups is 1. The summed E-state index contributed by atoms with van der Waals surface area (Å²) in [5, 5.41) is 9.81. The van der Waals surface area contributed by atoms with Crippen molar-refractivity contribution in [3.8, 4) is 17.0 Å². The first-order valence-corrected chi connectivity index (χ1v) is 8.52. The molecule has 2 aromatic heterocycles. The average molecular weight is 367 g/mol. The molecule has 0 aliphatic carbocycles. The first kappa shape index (κ1) is 17.0. The number of hydrogen-bond donors (Lipinski definition) is 2. The van der Waals surface area contributed by atoms with Gasteiger partial charge in [0, 0.05) is 30.1 Å². The van der Waals surface area contributed by atoms with Crippen molar-refractivity contribution in [2.45, 2.75) is 12.5 Å². The summed E-state index contributed by atoms with van der Waals surface area (Å²) in [6, 6.07) is 7.81. The van der Waals surface area contributed by atoms with Gasteiger partial charge in [0.05, 0.1) is 30.9 Å². The molecule has 2 N–H and O–H groups in total. The van der Waals surface area contributed by atoms with Gasteiger partial charge in [-0.15, -0.1) is 0 Å². The minimum absolute atomic E-state index is 0.0452. The number of hydrogen-bond acceptors (Lipinski definition) is 5. The molecule has 1 saturated heterocycles. The number of rotatable bonds is 5. The van der Waals surface area contributed by atoms with E-state index < -0.39 is 5.82 Å². The fourth-order valence-electron chi connectivity index (χ4n) is 3.13. The molecule has 0 bridgehead atoms. The van der Waals surface area contributed by atoms with Crippen LogP contribution in [0.4, 0.5) is 15.8 Å². The van der Waals surface area contributed by atoms with Crippen molar-refractivity contribution >= 4 is 17.3 Å². The lowest BCUT2D eigenvalue weighted by Crippen LogP contribution is -2.33. The molecule has 7 nitrogen and oxygen atoms in total. The Morgan fingerprint density at radius 3 is 2.89 bits per heavy atom. The second-order valence-electron chi connectivity index (χ2n) is 6.21. The first-order valence-electron chi connectivity index (χ1n) is 8.52. The third kappa shape index (κ3) is 3.33. The summed E-state index contributed by atoms with van der Waals surface area (Å²) in [6.07, 6.45) is 5.78. The number of pyridine rings is 1. The highest BCUT2D eigenvalue weighted by Crippen LogP contribution is 2.27. The largest absolute Gasteiger partial charge is 0.494 e. The minimum Gasteiger partial charge on any atom is -0.494 e. The fourth-order valence-corrected chi connectivity index (χ4v) is 3.13. The summed E-state index contributed by atoms with van der Waals surface area (Å²) in [5.74, 6) is -0.344. The lowest BCUT2D eigenvalue weighted by molar-refractivity contribution is -0.117. The van der Waals surface area contributed by atoms with Gasteiger partial charge < -0.3 is 15.0 Å². The number of nitrogens with zero attached hydrogens (tertiary/aromatic N) is 3. The Balaban J connectivity index is 1.47. The van der Waals surface area contributed by atoms with Crippen LogP contribution in [0.3, 0.4) is 0 Å². The van der Waals surface area contributed by atoms with Gasteiger partial charge in [0.25, 0.3) is 0 Å². The number of methoxy groups -OCH3 is 1. The van der Waals surface area contributed by atoms with Gasteiger partial charge in [-0.3, -0.25) is 14.9 Å². The van der Waals surface area contributed by atoms with E-state index in [0.29, 0.717) is 18.7 Å². The van der Waals surface area contributed by atoms with Crippen molar-refractivity contribution in [1.82, 2.24) is 15.2 Å². The quantitative estimate of drug-likeness (QED) is 0.725. The van der Waals surface area contributed by atoms with Crippen LogP contribution in [-0.2, 0) is 4.79 Å². The van der Waals surface area contributed by atoms with Crippen molar-refractivity contribution < 1.29 is 13.9 Å². The zero-order valence-corrected chi connectivity index (χ0v) is 14.6. The third-order valence-electron chi connectivity index (χ3n) is 4.55. The van der Waals surface area contributed by atoms with Crippen LogP contribution in [0.25, 0.3) is 11.3 Å². The molecule has 1 fully saturated rings. The second-order valence-corrected chi connectivity index (χ2v) is 6.21. The summed E-state index contributed by atoms with van der Waals surface area (Å²) >= 11 is 0. The standard InChI is InChI=1S/C19H18FN5O2/c1-27-18-8-13(2-4-15(18)20)24-17-6-7-25(19(17)26)14-3-5-16(21-11-14)12-9-22-23-10-12/h2-5,8-11,17,24H,6-7H2,1H3,(H,22,23). The molecule has 0 radical (unpaired) electrons. The number of H-pyrrole nitrogens is 1. The zero-order chi connectivity index (χ0) is 18.8. The molecule has 27 heavy (non-hydrogen) atoms. The highest BCUT2D eigenvalue weighted by atomic mass is 19.1. The van der Waals surface area contributed by atoms with E-state index >= 15 is 0 Å². The average Bonchev–Trinajstić information content (AvgIpc) is 3.34. The van der Waals surface area contributed by atoms with Crippen molar-refractivity contribution in [3.63, 3.8) is 0 Å². The van der Waals surface area contributed by atoms with Crippen LogP contribution in [0.5, 0.6) is 5.75 Å². The van der Waals surface area contributed by atoms with Gasteiger partial charge in [-0.25, -0.2) is 4.39 Å². The minimum atomic E-state index is -0.439. The smallest absolute Gasteiger partial charge is 0.249 e. The topological polar surface area (TPSA) is 83.1 Å². The maximum Gasteiger partial charge on any atom is 0.249 e. The molecule has 8 heteroatoms. The third-order valence-corrected chi connectivity index (χ3v) is 4.55. The molecular formula is C19H18FN5O2. The number of aromatic nitrogens is 3. The molecule has 1 aromatic carbocycles. The summed E-state index contributed by atoms with van der Waals surface area (Å²) < 4.78 is 18.5. The van der Waals surface area contributed by atoms with Gasteiger partial charge >= 0.3 is 0 Å². The number of halogens is 1. The summed E-state index contributed by atoms with van der Waals surface area (Å²) in [6.45, 7) is 0.585. The number of carbonyl (C=O) groups excluding carboxylic acids is 1. The molecule has 0 saturated carbocycles. The summed E-state index contributed by atoms with van der Waals surface area (Å²) in [4.78, 5) is 18.9. The molecule has 1 unspecified atom stereocenters. The number of nitrogens with one attached hydrogen (secondary N) is 2. The van der Waals surface area contributed by atoms with E-state index in [9.17, 15) is 9.18 Å². The Morgan fingerprint density at radius 1 is 1.30 bits per heavy atom. The molecule has 1 aliphatic rings. The lowest BCUT2D eigenvalue weighted by Gasteiger charge is -2.18. The van der Waals surface area contributed by atoms with E-state index in [0.717, 1.165) is 16.9 Å². The molecule has 138 valence electrons. The van der Waals surface area contributed by atoms with E-state index in [2.05, 4.69) is 20.5 Å². The van der Waals surface area contributed by atoms with Crippen molar-refractivity contribution in [3.05, 3.63) is 54.7 Å².